The van der Waals surface area contributed by atoms with Crippen LogP contribution in [0.5, 0.6) is 0 Å². The Morgan fingerprint density at radius 3 is 2.82 bits per heavy atom. The van der Waals surface area contributed by atoms with Crippen LogP contribution in [0.25, 0.3) is 0 Å². The molecule has 3 nitrogen and oxygen atoms in total. The first-order valence-corrected chi connectivity index (χ1v) is 4.32. The SMILES string of the molecule is CCCC[N+]1(C)CCC(=O)N1. The van der Waals surface area contributed by atoms with Gasteiger partial charge in [-0.3, -0.25) is 4.79 Å². The van der Waals surface area contributed by atoms with Gasteiger partial charge < -0.3 is 0 Å². The molecule has 1 saturated heterocycles. The highest BCUT2D eigenvalue weighted by Gasteiger charge is 2.31. The molecule has 1 heterocycles. The Kier molecular flexibility index (Phi) is 2.49. The van der Waals surface area contributed by atoms with E-state index in [1.807, 2.05) is 0 Å². The summed E-state index contributed by atoms with van der Waals surface area (Å²) in [6.45, 7) is 4.20. The lowest BCUT2D eigenvalue weighted by atomic mass is 10.3. The maximum Gasteiger partial charge on any atom is 0.270 e. The van der Waals surface area contributed by atoms with E-state index in [0.717, 1.165) is 17.7 Å². The molecule has 0 aromatic carbocycles. The van der Waals surface area contributed by atoms with Gasteiger partial charge >= 0.3 is 0 Å². The molecule has 1 fully saturated rings. The van der Waals surface area contributed by atoms with Crippen LogP contribution in [0.4, 0.5) is 0 Å². The monoisotopic (exact) mass is 157 g/mol. The van der Waals surface area contributed by atoms with Crippen molar-refractivity contribution in [2.75, 3.05) is 20.1 Å². The molecule has 11 heavy (non-hydrogen) atoms. The second-order valence-electron chi connectivity index (χ2n) is 3.48. The number of amides is 1. The third kappa shape index (κ3) is 2.19. The van der Waals surface area contributed by atoms with Gasteiger partial charge in [0.2, 0.25) is 0 Å². The predicted octanol–water partition coefficient (Wildman–Crippen LogP) is 0.668. The fraction of sp³-hybridized carbons (Fsp3) is 0.875. The van der Waals surface area contributed by atoms with Crippen LogP contribution in [0.3, 0.4) is 0 Å². The van der Waals surface area contributed by atoms with Gasteiger partial charge in [-0.15, -0.1) is 0 Å². The van der Waals surface area contributed by atoms with Crippen LogP contribution in [0.1, 0.15) is 26.2 Å². The van der Waals surface area contributed by atoms with Gasteiger partial charge in [-0.2, -0.15) is 0 Å². The van der Waals surface area contributed by atoms with Gasteiger partial charge in [0.05, 0.1) is 13.5 Å². The van der Waals surface area contributed by atoms with E-state index in [4.69, 9.17) is 0 Å². The third-order valence-electron chi connectivity index (χ3n) is 2.23. The zero-order valence-corrected chi connectivity index (χ0v) is 7.39. The first kappa shape index (κ1) is 8.53. The number of quaternary nitrogens is 1. The molecule has 1 aliphatic heterocycles. The molecule has 0 aromatic rings. The second kappa shape index (κ2) is 3.22. The Balaban J connectivity index is 2.35. The highest BCUT2D eigenvalue weighted by atomic mass is 16.2. The van der Waals surface area contributed by atoms with Crippen molar-refractivity contribution in [3.63, 3.8) is 0 Å². The van der Waals surface area contributed by atoms with Gasteiger partial charge in [-0.05, 0) is 6.42 Å². The Bertz CT molecular complexity index is 158. The average Bonchev–Trinajstić information content (AvgIpc) is 2.28. The van der Waals surface area contributed by atoms with Gasteiger partial charge in [-0.1, -0.05) is 13.3 Å². The first-order valence-electron chi connectivity index (χ1n) is 4.32. The Morgan fingerprint density at radius 2 is 2.36 bits per heavy atom. The summed E-state index contributed by atoms with van der Waals surface area (Å²) in [4.78, 5) is 10.9. The predicted molar refractivity (Wildman–Crippen MR) is 43.6 cm³/mol. The molecule has 0 bridgehead atoms. The number of unbranched alkanes of at least 4 members (excludes halogenated alkanes) is 1. The van der Waals surface area contributed by atoms with Crippen molar-refractivity contribution in [1.82, 2.24) is 5.43 Å². The Labute approximate surface area is 67.9 Å². The number of hydrogen-bond donors (Lipinski definition) is 1. The fourth-order valence-electron chi connectivity index (χ4n) is 1.44. The molecule has 0 aliphatic carbocycles. The van der Waals surface area contributed by atoms with Crippen molar-refractivity contribution in [2.45, 2.75) is 26.2 Å². The summed E-state index contributed by atoms with van der Waals surface area (Å²) in [5.74, 6) is 0.198. The molecule has 0 aromatic heterocycles. The quantitative estimate of drug-likeness (QED) is 0.599. The fourth-order valence-corrected chi connectivity index (χ4v) is 1.44. The average molecular weight is 157 g/mol. The van der Waals surface area contributed by atoms with Crippen LogP contribution in [0.15, 0.2) is 0 Å². The maximum absolute atomic E-state index is 10.9. The van der Waals surface area contributed by atoms with E-state index in [2.05, 4.69) is 19.4 Å². The van der Waals surface area contributed by atoms with Gasteiger partial charge in [0.1, 0.15) is 13.1 Å². The molecule has 64 valence electrons. The van der Waals surface area contributed by atoms with Crippen molar-refractivity contribution in [2.24, 2.45) is 0 Å². The van der Waals surface area contributed by atoms with Crippen LogP contribution in [0, 0.1) is 0 Å². The standard InChI is InChI=1S/C8H16N2O/c1-3-4-6-10(2)7-5-8(11)9-10/h3-7H2,1-2H3/p+1. The lowest BCUT2D eigenvalue weighted by Crippen LogP contribution is -2.51. The van der Waals surface area contributed by atoms with Crippen LogP contribution < -0.4 is 5.43 Å². The molecule has 1 N–H and O–H groups in total. The summed E-state index contributed by atoms with van der Waals surface area (Å²) in [6, 6.07) is 0. The van der Waals surface area contributed by atoms with Crippen molar-refractivity contribution >= 4 is 5.91 Å². The summed E-state index contributed by atoms with van der Waals surface area (Å²) in [7, 11) is 2.08. The van der Waals surface area contributed by atoms with Crippen LogP contribution in [-0.4, -0.2) is 30.6 Å². The number of carbonyl (C=O) groups is 1. The zero-order valence-electron chi connectivity index (χ0n) is 7.39. The normalized spacial score (nSPS) is 30.5. The van der Waals surface area contributed by atoms with E-state index >= 15 is 0 Å². The van der Waals surface area contributed by atoms with Gasteiger partial charge in [0.15, 0.2) is 0 Å². The number of carbonyl (C=O) groups excluding carboxylic acids is 1. The summed E-state index contributed by atoms with van der Waals surface area (Å²) < 4.78 is 0.743. The Morgan fingerprint density at radius 1 is 1.64 bits per heavy atom. The highest BCUT2D eigenvalue weighted by Crippen LogP contribution is 2.09. The highest BCUT2D eigenvalue weighted by molar-refractivity contribution is 5.75. The van der Waals surface area contributed by atoms with Crippen molar-refractivity contribution in [1.29, 1.82) is 0 Å². The van der Waals surface area contributed by atoms with Crippen LogP contribution in [-0.2, 0) is 4.79 Å². The molecule has 0 spiro atoms. The van der Waals surface area contributed by atoms with Crippen molar-refractivity contribution < 1.29 is 9.39 Å². The molecule has 1 aliphatic rings. The van der Waals surface area contributed by atoms with E-state index < -0.39 is 0 Å². The minimum absolute atomic E-state index is 0.198. The molecular weight excluding hydrogens is 140 g/mol. The molecule has 1 unspecified atom stereocenters. The van der Waals surface area contributed by atoms with Crippen LogP contribution in [0.2, 0.25) is 0 Å². The van der Waals surface area contributed by atoms with Crippen molar-refractivity contribution in [3.8, 4) is 0 Å². The molecule has 3 heteroatoms. The van der Waals surface area contributed by atoms with E-state index in [1.165, 1.54) is 12.8 Å². The van der Waals surface area contributed by atoms with E-state index in [9.17, 15) is 4.79 Å². The smallest absolute Gasteiger partial charge is 0.270 e. The van der Waals surface area contributed by atoms with Crippen LogP contribution >= 0.6 is 0 Å². The second-order valence-corrected chi connectivity index (χ2v) is 3.48. The van der Waals surface area contributed by atoms with E-state index in [-0.39, 0.29) is 5.91 Å². The third-order valence-corrected chi connectivity index (χ3v) is 2.23. The summed E-state index contributed by atoms with van der Waals surface area (Å²) in [5, 5.41) is 0. The molecule has 1 amide bonds. The van der Waals surface area contributed by atoms with Crippen molar-refractivity contribution in [3.05, 3.63) is 0 Å². The lowest BCUT2D eigenvalue weighted by molar-refractivity contribution is -0.935. The maximum atomic E-state index is 10.9. The molecular formula is C8H17N2O+. The largest absolute Gasteiger partial charge is 0.270 e. The summed E-state index contributed by atoms with van der Waals surface area (Å²) >= 11 is 0. The lowest BCUT2D eigenvalue weighted by Gasteiger charge is -2.26. The van der Waals surface area contributed by atoms with Gasteiger partial charge in [-0.25, -0.2) is 10.0 Å². The molecule has 1 rings (SSSR count). The van der Waals surface area contributed by atoms with E-state index in [1.54, 1.807) is 0 Å². The summed E-state index contributed by atoms with van der Waals surface area (Å²) in [5.41, 5.74) is 2.96. The molecule has 1 atom stereocenters. The molecule has 0 saturated carbocycles. The first-order chi connectivity index (χ1) is 5.16. The topological polar surface area (TPSA) is 29.1 Å². The minimum Gasteiger partial charge on any atom is -0.270 e. The number of nitrogens with one attached hydrogen (secondary N) is 1. The number of rotatable bonds is 3. The number of hydrogen-bond acceptors (Lipinski definition) is 1. The van der Waals surface area contributed by atoms with Gasteiger partial charge in [0.25, 0.3) is 5.91 Å². The Hall–Kier alpha value is -0.570. The zero-order chi connectivity index (χ0) is 8.32. The summed E-state index contributed by atoms with van der Waals surface area (Å²) in [6.07, 6.45) is 3.08. The minimum atomic E-state index is 0.198. The van der Waals surface area contributed by atoms with E-state index in [0.29, 0.717) is 6.42 Å². The number of nitrogens with zero attached hydrogens (tertiary/aromatic N) is 1. The van der Waals surface area contributed by atoms with Gasteiger partial charge in [0, 0.05) is 0 Å². The molecule has 0 radical (unpaired) electrons.